The molecule has 1 aromatic heterocycles. The van der Waals surface area contributed by atoms with Crippen LogP contribution in [0.25, 0.3) is 11.6 Å². The minimum Gasteiger partial charge on any atom is -0.395 e. The van der Waals surface area contributed by atoms with Crippen molar-refractivity contribution in [2.75, 3.05) is 25.1 Å². The van der Waals surface area contributed by atoms with Gasteiger partial charge in [0.2, 0.25) is 0 Å². The van der Waals surface area contributed by atoms with Crippen molar-refractivity contribution < 1.29 is 5.11 Å². The fourth-order valence-corrected chi connectivity index (χ4v) is 2.65. The molecular weight excluding hydrogens is 282 g/mol. The number of nitrogens with zero attached hydrogens (tertiary/aromatic N) is 3. The van der Waals surface area contributed by atoms with Gasteiger partial charge < -0.3 is 10.0 Å². The Morgan fingerprint density at radius 1 is 1.43 bits per heavy atom. The van der Waals surface area contributed by atoms with Crippen LogP contribution in [0.4, 0.5) is 5.69 Å². The Morgan fingerprint density at radius 3 is 2.67 bits per heavy atom. The molecule has 0 unspecified atom stereocenters. The summed E-state index contributed by atoms with van der Waals surface area (Å²) in [6.07, 6.45) is 1.84. The van der Waals surface area contributed by atoms with E-state index in [4.69, 9.17) is 5.11 Å². The van der Waals surface area contributed by atoms with Crippen LogP contribution < -0.4 is 4.90 Å². The van der Waals surface area contributed by atoms with Crippen LogP contribution >= 0.6 is 11.3 Å². The second kappa shape index (κ2) is 7.02. The number of anilines is 1. The fourth-order valence-electron chi connectivity index (χ4n) is 1.89. The number of hydrogen-bond acceptors (Lipinski definition) is 5. The maximum Gasteiger partial charge on any atom is 0.134 e. The number of hydrogen-bond donors (Lipinski definition) is 1. The van der Waals surface area contributed by atoms with Crippen molar-refractivity contribution in [2.45, 2.75) is 6.92 Å². The molecule has 108 valence electrons. The van der Waals surface area contributed by atoms with E-state index in [0.717, 1.165) is 22.0 Å². The molecule has 0 aliphatic carbocycles. The summed E-state index contributed by atoms with van der Waals surface area (Å²) in [4.78, 5) is 6.31. The summed E-state index contributed by atoms with van der Waals surface area (Å²) >= 11 is 1.48. The van der Waals surface area contributed by atoms with Crippen molar-refractivity contribution in [3.63, 3.8) is 0 Å². The fraction of sp³-hybridized carbons (Fsp3) is 0.250. The zero-order chi connectivity index (χ0) is 15.2. The molecule has 0 aliphatic rings. The van der Waals surface area contributed by atoms with E-state index >= 15 is 0 Å². The molecule has 0 atom stereocenters. The van der Waals surface area contributed by atoms with Crippen LogP contribution in [0.3, 0.4) is 0 Å². The molecule has 0 radical (unpaired) electrons. The number of likely N-dealkylation sites (N-methyl/N-ethyl adjacent to an activating group) is 1. The molecule has 0 fully saturated rings. The number of rotatable bonds is 5. The lowest BCUT2D eigenvalue weighted by Gasteiger charge is -2.17. The standard InChI is InChI=1S/C16H17N3OS/c1-12-11-21-16(18-12)14(10-17)9-13-3-5-15(6-4-13)19(2)7-8-20/h3-6,9,11,20H,7-8H2,1-2H3/b14-9+. The Labute approximate surface area is 128 Å². The smallest absolute Gasteiger partial charge is 0.134 e. The van der Waals surface area contributed by atoms with Crippen LogP contribution in [-0.4, -0.2) is 30.3 Å². The van der Waals surface area contributed by atoms with Gasteiger partial charge >= 0.3 is 0 Å². The van der Waals surface area contributed by atoms with Gasteiger partial charge in [-0.25, -0.2) is 4.98 Å². The van der Waals surface area contributed by atoms with Gasteiger partial charge in [0.05, 0.1) is 12.2 Å². The molecule has 1 aromatic carbocycles. The Hall–Kier alpha value is -2.16. The van der Waals surface area contributed by atoms with Gasteiger partial charge in [-0.15, -0.1) is 11.3 Å². The lowest BCUT2D eigenvalue weighted by atomic mass is 10.1. The first-order chi connectivity index (χ1) is 10.1. The summed E-state index contributed by atoms with van der Waals surface area (Å²) in [6, 6.07) is 10.1. The Bertz CT molecular complexity index is 668. The average Bonchev–Trinajstić information content (AvgIpc) is 2.92. The maximum absolute atomic E-state index is 9.28. The number of benzene rings is 1. The molecule has 0 aliphatic heterocycles. The highest BCUT2D eigenvalue weighted by Gasteiger charge is 2.06. The minimum atomic E-state index is 0.125. The molecule has 1 heterocycles. The van der Waals surface area contributed by atoms with Crippen LogP contribution in [0.2, 0.25) is 0 Å². The number of nitriles is 1. The second-order valence-corrected chi connectivity index (χ2v) is 5.56. The first-order valence-corrected chi connectivity index (χ1v) is 7.48. The van der Waals surface area contributed by atoms with Gasteiger partial charge in [-0.05, 0) is 30.7 Å². The molecule has 0 saturated carbocycles. The van der Waals surface area contributed by atoms with Gasteiger partial charge in [-0.3, -0.25) is 0 Å². The molecule has 5 heteroatoms. The quantitative estimate of drug-likeness (QED) is 0.862. The van der Waals surface area contributed by atoms with Crippen molar-refractivity contribution in [1.29, 1.82) is 5.26 Å². The SMILES string of the molecule is Cc1csc(/C(C#N)=C/c2ccc(N(C)CCO)cc2)n1. The predicted molar refractivity (Wildman–Crippen MR) is 87.1 cm³/mol. The molecule has 1 N–H and O–H groups in total. The zero-order valence-corrected chi connectivity index (χ0v) is 12.9. The minimum absolute atomic E-state index is 0.125. The van der Waals surface area contributed by atoms with Gasteiger partial charge in [-0.2, -0.15) is 5.26 Å². The van der Waals surface area contributed by atoms with Crippen LogP contribution in [0.15, 0.2) is 29.6 Å². The summed E-state index contributed by atoms with van der Waals surface area (Å²) in [6.45, 7) is 2.64. The molecular formula is C16H17N3OS. The van der Waals surface area contributed by atoms with Gasteiger partial charge in [0.1, 0.15) is 11.1 Å². The molecule has 2 aromatic rings. The highest BCUT2D eigenvalue weighted by molar-refractivity contribution is 7.11. The Morgan fingerprint density at radius 2 is 2.14 bits per heavy atom. The maximum atomic E-state index is 9.28. The number of allylic oxidation sites excluding steroid dienone is 1. The lowest BCUT2D eigenvalue weighted by molar-refractivity contribution is 0.304. The van der Waals surface area contributed by atoms with Gasteiger partial charge in [0.25, 0.3) is 0 Å². The van der Waals surface area contributed by atoms with E-state index in [0.29, 0.717) is 12.1 Å². The monoisotopic (exact) mass is 299 g/mol. The number of aryl methyl sites for hydroxylation is 1. The third-order valence-electron chi connectivity index (χ3n) is 3.05. The van der Waals surface area contributed by atoms with Gasteiger partial charge in [0.15, 0.2) is 0 Å². The van der Waals surface area contributed by atoms with Crippen LogP contribution in [0.5, 0.6) is 0 Å². The Balaban J connectivity index is 2.22. The normalized spacial score (nSPS) is 11.2. The van der Waals surface area contributed by atoms with Gasteiger partial charge in [-0.1, -0.05) is 12.1 Å². The summed E-state index contributed by atoms with van der Waals surface area (Å²) in [7, 11) is 1.93. The van der Waals surface area contributed by atoms with E-state index in [9.17, 15) is 5.26 Å². The van der Waals surface area contributed by atoms with E-state index in [1.807, 2.05) is 54.6 Å². The summed E-state index contributed by atoms with van der Waals surface area (Å²) in [5.74, 6) is 0. The first kappa shape index (κ1) is 15.2. The topological polar surface area (TPSA) is 60.2 Å². The highest BCUT2D eigenvalue weighted by atomic mass is 32.1. The highest BCUT2D eigenvalue weighted by Crippen LogP contribution is 2.22. The number of aliphatic hydroxyl groups is 1. The number of thiazole rings is 1. The molecule has 0 amide bonds. The van der Waals surface area contributed by atoms with Crippen LogP contribution in [-0.2, 0) is 0 Å². The van der Waals surface area contributed by atoms with Crippen molar-refractivity contribution in [3.8, 4) is 6.07 Å². The van der Waals surface area contributed by atoms with Crippen molar-refractivity contribution in [1.82, 2.24) is 4.98 Å². The van der Waals surface area contributed by atoms with Crippen molar-refractivity contribution in [2.24, 2.45) is 0 Å². The lowest BCUT2D eigenvalue weighted by Crippen LogP contribution is -2.20. The Kier molecular flexibility index (Phi) is 5.09. The molecule has 0 spiro atoms. The van der Waals surface area contributed by atoms with Crippen molar-refractivity contribution in [3.05, 3.63) is 45.9 Å². The largest absolute Gasteiger partial charge is 0.395 e. The van der Waals surface area contributed by atoms with E-state index < -0.39 is 0 Å². The van der Waals surface area contributed by atoms with E-state index in [2.05, 4.69) is 11.1 Å². The van der Waals surface area contributed by atoms with Gasteiger partial charge in [0, 0.05) is 30.4 Å². The van der Waals surface area contributed by atoms with Crippen LogP contribution in [0, 0.1) is 18.3 Å². The van der Waals surface area contributed by atoms with E-state index in [1.165, 1.54) is 11.3 Å². The predicted octanol–water partition coefficient (Wildman–Crippen LogP) is 2.94. The number of aliphatic hydroxyl groups excluding tert-OH is 1. The first-order valence-electron chi connectivity index (χ1n) is 6.60. The molecule has 2 rings (SSSR count). The van der Waals surface area contributed by atoms with Crippen LogP contribution in [0.1, 0.15) is 16.3 Å². The summed E-state index contributed by atoms with van der Waals surface area (Å²) < 4.78 is 0. The third kappa shape index (κ3) is 3.91. The molecule has 0 bridgehead atoms. The number of aromatic nitrogens is 1. The second-order valence-electron chi connectivity index (χ2n) is 4.70. The average molecular weight is 299 g/mol. The molecule has 4 nitrogen and oxygen atoms in total. The van der Waals surface area contributed by atoms with E-state index in [1.54, 1.807) is 0 Å². The van der Waals surface area contributed by atoms with Crippen molar-refractivity contribution >= 4 is 28.7 Å². The zero-order valence-electron chi connectivity index (χ0n) is 12.1. The summed E-state index contributed by atoms with van der Waals surface area (Å²) in [5.41, 5.74) is 3.49. The molecule has 0 saturated heterocycles. The molecule has 21 heavy (non-hydrogen) atoms. The third-order valence-corrected chi connectivity index (χ3v) is 4.04. The summed E-state index contributed by atoms with van der Waals surface area (Å²) in [5, 5.41) is 20.9. The van der Waals surface area contributed by atoms with E-state index in [-0.39, 0.29) is 6.61 Å².